The number of halogens is 1. The average Bonchev–Trinajstić information content (AvgIpc) is 2.88. The molecule has 0 aliphatic carbocycles. The first-order valence-electron chi connectivity index (χ1n) is 6.69. The Hall–Kier alpha value is -1.77. The van der Waals surface area contributed by atoms with Gasteiger partial charge in [-0.25, -0.2) is 0 Å². The smallest absolute Gasteiger partial charge is 0.134 e. The summed E-state index contributed by atoms with van der Waals surface area (Å²) in [5.41, 5.74) is 2.15. The molecule has 102 valence electrons. The Balaban J connectivity index is 1.68. The standard InChI is InChI=1S/C17H16ClNO/c1-12(13-6-8-15(18)9-7-13)19-11-16-10-14-4-2-3-5-17(14)20-16/h2-10,12,19H,11H2,1H3/t12-/m1/s1. The fourth-order valence-corrected chi connectivity index (χ4v) is 2.37. The predicted octanol–water partition coefficient (Wildman–Crippen LogP) is 4.94. The van der Waals surface area contributed by atoms with Crippen molar-refractivity contribution in [2.45, 2.75) is 19.5 Å². The van der Waals surface area contributed by atoms with Crippen molar-refractivity contribution in [1.29, 1.82) is 0 Å². The highest BCUT2D eigenvalue weighted by molar-refractivity contribution is 6.30. The van der Waals surface area contributed by atoms with Gasteiger partial charge in [0.2, 0.25) is 0 Å². The second kappa shape index (κ2) is 5.70. The molecule has 2 aromatic carbocycles. The van der Waals surface area contributed by atoms with Gasteiger partial charge in [-0.1, -0.05) is 41.9 Å². The van der Waals surface area contributed by atoms with Crippen molar-refractivity contribution in [3.63, 3.8) is 0 Å². The van der Waals surface area contributed by atoms with Crippen LogP contribution in [0.5, 0.6) is 0 Å². The fraction of sp³-hybridized carbons (Fsp3) is 0.176. The van der Waals surface area contributed by atoms with E-state index in [1.54, 1.807) is 0 Å². The van der Waals surface area contributed by atoms with Crippen molar-refractivity contribution in [1.82, 2.24) is 5.32 Å². The van der Waals surface area contributed by atoms with Gasteiger partial charge in [0, 0.05) is 16.5 Å². The summed E-state index contributed by atoms with van der Waals surface area (Å²) in [5.74, 6) is 0.951. The molecule has 0 aliphatic heterocycles. The molecule has 3 aromatic rings. The third kappa shape index (κ3) is 2.87. The summed E-state index contributed by atoms with van der Waals surface area (Å²) < 4.78 is 5.79. The van der Waals surface area contributed by atoms with E-state index < -0.39 is 0 Å². The molecule has 0 aliphatic rings. The number of hydrogen-bond donors (Lipinski definition) is 1. The van der Waals surface area contributed by atoms with Crippen LogP contribution < -0.4 is 5.32 Å². The molecule has 0 radical (unpaired) electrons. The van der Waals surface area contributed by atoms with Crippen LogP contribution in [-0.4, -0.2) is 0 Å². The first-order valence-corrected chi connectivity index (χ1v) is 7.06. The SMILES string of the molecule is C[C@@H](NCc1cc2ccccc2o1)c1ccc(Cl)cc1. The van der Waals surface area contributed by atoms with E-state index >= 15 is 0 Å². The maximum Gasteiger partial charge on any atom is 0.134 e. The average molecular weight is 286 g/mol. The molecule has 0 unspecified atom stereocenters. The summed E-state index contributed by atoms with van der Waals surface area (Å²) >= 11 is 5.90. The van der Waals surface area contributed by atoms with Crippen LogP contribution in [0.1, 0.15) is 24.3 Å². The number of hydrogen-bond acceptors (Lipinski definition) is 2. The highest BCUT2D eigenvalue weighted by Crippen LogP contribution is 2.20. The molecule has 0 saturated carbocycles. The van der Waals surface area contributed by atoms with E-state index in [9.17, 15) is 0 Å². The number of nitrogens with one attached hydrogen (secondary N) is 1. The molecule has 0 amide bonds. The zero-order valence-corrected chi connectivity index (χ0v) is 12.0. The minimum Gasteiger partial charge on any atom is -0.460 e. The highest BCUT2D eigenvalue weighted by atomic mass is 35.5. The summed E-state index contributed by atoms with van der Waals surface area (Å²) in [6.07, 6.45) is 0. The van der Waals surface area contributed by atoms with Crippen molar-refractivity contribution in [3.8, 4) is 0 Å². The van der Waals surface area contributed by atoms with Crippen molar-refractivity contribution in [3.05, 3.63) is 70.9 Å². The lowest BCUT2D eigenvalue weighted by atomic mass is 10.1. The Morgan fingerprint density at radius 3 is 2.60 bits per heavy atom. The Morgan fingerprint density at radius 2 is 1.85 bits per heavy atom. The summed E-state index contributed by atoms with van der Waals surface area (Å²) in [4.78, 5) is 0. The first kappa shape index (κ1) is 13.2. The third-order valence-corrected chi connectivity index (χ3v) is 3.68. The van der Waals surface area contributed by atoms with E-state index in [0.29, 0.717) is 6.54 Å². The molecule has 3 rings (SSSR count). The lowest BCUT2D eigenvalue weighted by molar-refractivity contribution is 0.482. The zero-order valence-electron chi connectivity index (χ0n) is 11.3. The molecular formula is C17H16ClNO. The van der Waals surface area contributed by atoms with E-state index in [1.807, 2.05) is 42.5 Å². The van der Waals surface area contributed by atoms with Gasteiger partial charge in [0.05, 0.1) is 6.54 Å². The molecule has 0 bridgehead atoms. The van der Waals surface area contributed by atoms with Crippen LogP contribution in [0.4, 0.5) is 0 Å². The van der Waals surface area contributed by atoms with E-state index in [1.165, 1.54) is 5.56 Å². The minimum absolute atomic E-state index is 0.250. The van der Waals surface area contributed by atoms with Gasteiger partial charge < -0.3 is 9.73 Å². The monoisotopic (exact) mass is 285 g/mol. The van der Waals surface area contributed by atoms with Gasteiger partial charge in [0.1, 0.15) is 11.3 Å². The van der Waals surface area contributed by atoms with E-state index in [4.69, 9.17) is 16.0 Å². The van der Waals surface area contributed by atoms with Crippen LogP contribution in [0.3, 0.4) is 0 Å². The number of fused-ring (bicyclic) bond motifs is 1. The lowest BCUT2D eigenvalue weighted by Gasteiger charge is -2.13. The molecule has 1 heterocycles. The molecule has 1 atom stereocenters. The topological polar surface area (TPSA) is 25.2 Å². The molecule has 1 aromatic heterocycles. The van der Waals surface area contributed by atoms with Gasteiger partial charge in [-0.2, -0.15) is 0 Å². The maximum absolute atomic E-state index is 5.90. The summed E-state index contributed by atoms with van der Waals surface area (Å²) in [6.45, 7) is 2.84. The van der Waals surface area contributed by atoms with Crippen molar-refractivity contribution in [2.24, 2.45) is 0 Å². The quantitative estimate of drug-likeness (QED) is 0.735. The molecule has 2 nitrogen and oxygen atoms in total. The molecular weight excluding hydrogens is 270 g/mol. The van der Waals surface area contributed by atoms with Crippen molar-refractivity contribution in [2.75, 3.05) is 0 Å². The summed E-state index contributed by atoms with van der Waals surface area (Å²) in [7, 11) is 0. The molecule has 20 heavy (non-hydrogen) atoms. The highest BCUT2D eigenvalue weighted by Gasteiger charge is 2.07. The lowest BCUT2D eigenvalue weighted by Crippen LogP contribution is -2.17. The summed E-state index contributed by atoms with van der Waals surface area (Å²) in [6, 6.07) is 18.3. The van der Waals surface area contributed by atoms with Crippen LogP contribution in [0, 0.1) is 0 Å². The largest absolute Gasteiger partial charge is 0.460 e. The van der Waals surface area contributed by atoms with Gasteiger partial charge in [-0.05, 0) is 36.8 Å². The van der Waals surface area contributed by atoms with Gasteiger partial charge >= 0.3 is 0 Å². The van der Waals surface area contributed by atoms with E-state index in [2.05, 4.69) is 24.4 Å². The Morgan fingerprint density at radius 1 is 1.10 bits per heavy atom. The van der Waals surface area contributed by atoms with Crippen LogP contribution >= 0.6 is 11.6 Å². The van der Waals surface area contributed by atoms with Crippen LogP contribution in [0.15, 0.2) is 59.0 Å². The van der Waals surface area contributed by atoms with Gasteiger partial charge in [0.25, 0.3) is 0 Å². The van der Waals surface area contributed by atoms with E-state index in [0.717, 1.165) is 21.8 Å². The second-order valence-corrected chi connectivity index (χ2v) is 5.34. The Kier molecular flexibility index (Phi) is 3.77. The Labute approximate surface area is 123 Å². The number of rotatable bonds is 4. The third-order valence-electron chi connectivity index (χ3n) is 3.43. The number of furan rings is 1. The second-order valence-electron chi connectivity index (χ2n) is 4.90. The summed E-state index contributed by atoms with van der Waals surface area (Å²) in [5, 5.41) is 5.36. The minimum atomic E-state index is 0.250. The van der Waals surface area contributed by atoms with Crippen LogP contribution in [0.25, 0.3) is 11.0 Å². The molecule has 0 saturated heterocycles. The molecule has 3 heteroatoms. The Bertz CT molecular complexity index is 669. The van der Waals surface area contributed by atoms with Crippen LogP contribution in [-0.2, 0) is 6.54 Å². The van der Waals surface area contributed by atoms with Gasteiger partial charge in [-0.3, -0.25) is 0 Å². The number of para-hydroxylation sites is 1. The normalized spacial score (nSPS) is 12.7. The predicted molar refractivity (Wildman–Crippen MR) is 82.9 cm³/mol. The fourth-order valence-electron chi connectivity index (χ4n) is 2.25. The van der Waals surface area contributed by atoms with Crippen molar-refractivity contribution < 1.29 is 4.42 Å². The molecule has 0 spiro atoms. The first-order chi connectivity index (χ1) is 9.72. The maximum atomic E-state index is 5.90. The van der Waals surface area contributed by atoms with Crippen LogP contribution in [0.2, 0.25) is 5.02 Å². The molecule has 1 N–H and O–H groups in total. The van der Waals surface area contributed by atoms with Gasteiger partial charge in [0.15, 0.2) is 0 Å². The zero-order chi connectivity index (χ0) is 13.9. The molecule has 0 fully saturated rings. The van der Waals surface area contributed by atoms with E-state index in [-0.39, 0.29) is 6.04 Å². The number of benzene rings is 2. The van der Waals surface area contributed by atoms with Gasteiger partial charge in [-0.15, -0.1) is 0 Å². The van der Waals surface area contributed by atoms with Crippen molar-refractivity contribution >= 4 is 22.6 Å².